The average molecular weight is 370 g/mol. The number of carbonyl (C=O) groups is 1. The first-order valence-electron chi connectivity index (χ1n) is 6.08. The topological polar surface area (TPSA) is 109 Å². The zero-order valence-electron chi connectivity index (χ0n) is 12.0. The van der Waals surface area contributed by atoms with Crippen molar-refractivity contribution in [1.82, 2.24) is 4.31 Å². The molecule has 0 aliphatic carbocycles. The van der Waals surface area contributed by atoms with Gasteiger partial charge in [-0.3, -0.25) is 4.79 Å². The number of carboxylic acid groups (broad SMARTS) is 1. The number of aliphatic carboxylic acids is 1. The smallest absolute Gasteiger partial charge is 0.304 e. The zero-order valence-corrected chi connectivity index (χ0v) is 14.4. The van der Waals surface area contributed by atoms with Crippen molar-refractivity contribution in [2.24, 2.45) is 0 Å². The number of halogens is 1. The minimum Gasteiger partial charge on any atom is -0.481 e. The lowest BCUT2D eigenvalue weighted by Gasteiger charge is -2.18. The zero-order chi connectivity index (χ0) is 17.1. The molecule has 0 aliphatic rings. The molecule has 0 heterocycles. The molecule has 0 atom stereocenters. The molecule has 1 aromatic rings. The molecule has 22 heavy (non-hydrogen) atoms. The van der Waals surface area contributed by atoms with E-state index in [1.807, 2.05) is 0 Å². The summed E-state index contributed by atoms with van der Waals surface area (Å²) in [6, 6.07) is 3.90. The molecule has 0 aliphatic heterocycles. The molecular formula is C12H16ClNO6S2. The first-order chi connectivity index (χ1) is 9.93. The molecule has 0 amide bonds. The molecule has 10 heteroatoms. The predicted octanol–water partition coefficient (Wildman–Crippen LogP) is 0.980. The van der Waals surface area contributed by atoms with Gasteiger partial charge >= 0.3 is 5.97 Å². The third-order valence-corrected chi connectivity index (χ3v) is 5.79. The van der Waals surface area contributed by atoms with Crippen LogP contribution in [0.25, 0.3) is 0 Å². The Morgan fingerprint density at radius 1 is 1.27 bits per heavy atom. The fraction of sp³-hybridized carbons (Fsp3) is 0.417. The van der Waals surface area contributed by atoms with Crippen LogP contribution in [-0.4, -0.2) is 52.1 Å². The number of carboxylic acids is 1. The summed E-state index contributed by atoms with van der Waals surface area (Å²) in [5, 5.41) is 8.77. The Labute approximate surface area is 134 Å². The Bertz CT molecular complexity index is 773. The summed E-state index contributed by atoms with van der Waals surface area (Å²) < 4.78 is 48.7. The highest BCUT2D eigenvalue weighted by Gasteiger charge is 2.26. The van der Waals surface area contributed by atoms with Crippen LogP contribution in [0.5, 0.6) is 0 Å². The van der Waals surface area contributed by atoms with Crippen molar-refractivity contribution in [2.45, 2.75) is 17.1 Å². The molecule has 0 aromatic heterocycles. The minimum atomic E-state index is -4.04. The number of hydrogen-bond acceptors (Lipinski definition) is 5. The Hall–Kier alpha value is -1.16. The fourth-order valence-corrected chi connectivity index (χ4v) is 4.27. The molecule has 1 aromatic carbocycles. The lowest BCUT2D eigenvalue weighted by atomic mass is 10.2. The van der Waals surface area contributed by atoms with Gasteiger partial charge in [-0.25, -0.2) is 21.1 Å². The van der Waals surface area contributed by atoms with E-state index in [0.717, 1.165) is 16.6 Å². The maximum absolute atomic E-state index is 12.5. The maximum Gasteiger partial charge on any atom is 0.304 e. The Kier molecular flexibility index (Phi) is 5.96. The number of rotatable bonds is 7. The molecule has 0 saturated heterocycles. The van der Waals surface area contributed by atoms with E-state index in [0.29, 0.717) is 0 Å². The Morgan fingerprint density at radius 3 is 2.36 bits per heavy atom. The van der Waals surface area contributed by atoms with E-state index in [9.17, 15) is 21.6 Å². The van der Waals surface area contributed by atoms with Crippen molar-refractivity contribution in [3.05, 3.63) is 28.8 Å². The van der Waals surface area contributed by atoms with Crippen LogP contribution >= 0.6 is 11.6 Å². The summed E-state index contributed by atoms with van der Waals surface area (Å²) in [4.78, 5) is 10.3. The van der Waals surface area contributed by atoms with Gasteiger partial charge in [0, 0.05) is 24.9 Å². The van der Waals surface area contributed by atoms with Gasteiger partial charge in [-0.2, -0.15) is 0 Å². The monoisotopic (exact) mass is 369 g/mol. The van der Waals surface area contributed by atoms with Gasteiger partial charge in [-0.1, -0.05) is 17.7 Å². The number of hydrogen-bond donors (Lipinski definition) is 1. The molecule has 0 fully saturated rings. The SMILES string of the molecule is CN(CCC(=O)O)S(=O)(=O)c1cc(Cl)ccc1CS(C)(=O)=O. The van der Waals surface area contributed by atoms with Crippen LogP contribution in [-0.2, 0) is 30.4 Å². The van der Waals surface area contributed by atoms with Crippen molar-refractivity contribution in [3.8, 4) is 0 Å². The largest absolute Gasteiger partial charge is 0.481 e. The van der Waals surface area contributed by atoms with Crippen molar-refractivity contribution in [1.29, 1.82) is 0 Å². The average Bonchev–Trinajstić information content (AvgIpc) is 2.36. The number of sulfone groups is 1. The van der Waals surface area contributed by atoms with Gasteiger partial charge in [-0.05, 0) is 17.7 Å². The fourth-order valence-electron chi connectivity index (χ4n) is 1.71. The van der Waals surface area contributed by atoms with Gasteiger partial charge < -0.3 is 5.11 Å². The van der Waals surface area contributed by atoms with Crippen LogP contribution in [0.1, 0.15) is 12.0 Å². The lowest BCUT2D eigenvalue weighted by molar-refractivity contribution is -0.137. The molecule has 0 radical (unpaired) electrons. The van der Waals surface area contributed by atoms with Crippen molar-refractivity contribution in [2.75, 3.05) is 19.8 Å². The number of sulfonamides is 1. The normalized spacial score (nSPS) is 12.5. The molecule has 1 rings (SSSR count). The lowest BCUT2D eigenvalue weighted by Crippen LogP contribution is -2.30. The first kappa shape index (κ1) is 18.9. The Balaban J connectivity index is 3.28. The van der Waals surface area contributed by atoms with E-state index >= 15 is 0 Å². The molecule has 0 unspecified atom stereocenters. The highest BCUT2D eigenvalue weighted by molar-refractivity contribution is 7.90. The van der Waals surface area contributed by atoms with E-state index in [1.54, 1.807) is 0 Å². The molecule has 0 saturated carbocycles. The van der Waals surface area contributed by atoms with Gasteiger partial charge in [0.05, 0.1) is 17.1 Å². The summed E-state index contributed by atoms with van der Waals surface area (Å²) in [6.07, 6.45) is 0.629. The van der Waals surface area contributed by atoms with Gasteiger partial charge in [0.25, 0.3) is 0 Å². The predicted molar refractivity (Wildman–Crippen MR) is 82.1 cm³/mol. The van der Waals surface area contributed by atoms with Gasteiger partial charge in [-0.15, -0.1) is 0 Å². The molecule has 0 spiro atoms. The second-order valence-electron chi connectivity index (χ2n) is 4.79. The van der Waals surface area contributed by atoms with E-state index in [-0.39, 0.29) is 28.4 Å². The molecule has 124 valence electrons. The van der Waals surface area contributed by atoms with Crippen molar-refractivity contribution < 1.29 is 26.7 Å². The minimum absolute atomic E-state index is 0.0917. The van der Waals surface area contributed by atoms with Crippen molar-refractivity contribution in [3.63, 3.8) is 0 Å². The summed E-state index contributed by atoms with van der Waals surface area (Å²) in [5.41, 5.74) is 0.0917. The maximum atomic E-state index is 12.5. The standard InChI is InChI=1S/C12H16ClNO6S2/c1-14(6-5-12(15)16)22(19,20)11-7-10(13)4-3-9(11)8-21(2,17)18/h3-4,7H,5-6,8H2,1-2H3,(H,15,16). The van der Waals surface area contributed by atoms with Crippen LogP contribution in [0.2, 0.25) is 5.02 Å². The van der Waals surface area contributed by atoms with Crippen LogP contribution in [0, 0.1) is 0 Å². The molecule has 1 N–H and O–H groups in total. The highest BCUT2D eigenvalue weighted by Crippen LogP contribution is 2.25. The number of benzene rings is 1. The second-order valence-corrected chi connectivity index (χ2v) is 9.38. The summed E-state index contributed by atoms with van der Waals surface area (Å²) >= 11 is 5.80. The highest BCUT2D eigenvalue weighted by atomic mass is 35.5. The molecule has 7 nitrogen and oxygen atoms in total. The van der Waals surface area contributed by atoms with Gasteiger partial charge in [0.2, 0.25) is 10.0 Å². The van der Waals surface area contributed by atoms with E-state index in [2.05, 4.69) is 0 Å². The van der Waals surface area contributed by atoms with E-state index in [1.165, 1.54) is 19.2 Å². The van der Waals surface area contributed by atoms with Crippen LogP contribution in [0.15, 0.2) is 23.1 Å². The third-order valence-electron chi connectivity index (χ3n) is 2.78. The summed E-state index contributed by atoms with van der Waals surface area (Å²) in [7, 11) is -6.26. The van der Waals surface area contributed by atoms with Crippen LogP contribution in [0.4, 0.5) is 0 Å². The summed E-state index contributed by atoms with van der Waals surface area (Å²) in [6.45, 7) is -0.234. The van der Waals surface area contributed by atoms with Gasteiger partial charge in [0.1, 0.15) is 0 Å². The number of nitrogens with zero attached hydrogens (tertiary/aromatic N) is 1. The molecule has 0 bridgehead atoms. The third kappa shape index (κ3) is 5.24. The van der Waals surface area contributed by atoms with E-state index < -0.39 is 31.6 Å². The second kappa shape index (κ2) is 6.95. The summed E-state index contributed by atoms with van der Waals surface area (Å²) in [5.74, 6) is -1.59. The van der Waals surface area contributed by atoms with Crippen LogP contribution in [0.3, 0.4) is 0 Å². The first-order valence-corrected chi connectivity index (χ1v) is 9.95. The quantitative estimate of drug-likeness (QED) is 0.767. The van der Waals surface area contributed by atoms with E-state index in [4.69, 9.17) is 16.7 Å². The van der Waals surface area contributed by atoms with Crippen molar-refractivity contribution >= 4 is 37.4 Å². The van der Waals surface area contributed by atoms with Gasteiger partial charge in [0.15, 0.2) is 9.84 Å². The molecular weight excluding hydrogens is 354 g/mol. The Morgan fingerprint density at radius 2 is 1.86 bits per heavy atom. The van der Waals surface area contributed by atoms with Crippen LogP contribution < -0.4 is 0 Å².